The second-order valence-electron chi connectivity index (χ2n) is 6.96. The number of nitrogens with one attached hydrogen (secondary N) is 1. The van der Waals surface area contributed by atoms with Crippen molar-refractivity contribution in [3.8, 4) is 0 Å². The van der Waals surface area contributed by atoms with E-state index in [1.807, 2.05) is 14.0 Å². The quantitative estimate of drug-likeness (QED) is 0.774. The van der Waals surface area contributed by atoms with Crippen molar-refractivity contribution in [1.82, 2.24) is 14.2 Å². The molecule has 1 amide bonds. The molecule has 0 saturated carbocycles. The van der Waals surface area contributed by atoms with Crippen LogP contribution in [0.5, 0.6) is 0 Å². The van der Waals surface area contributed by atoms with Crippen molar-refractivity contribution >= 4 is 33.0 Å². The highest BCUT2D eigenvalue weighted by atomic mass is 32.2. The van der Waals surface area contributed by atoms with Crippen LogP contribution < -0.4 is 5.32 Å². The van der Waals surface area contributed by atoms with E-state index in [1.165, 1.54) is 15.6 Å². The van der Waals surface area contributed by atoms with Gasteiger partial charge >= 0.3 is 0 Å². The van der Waals surface area contributed by atoms with Gasteiger partial charge in [-0.2, -0.15) is 4.31 Å². The minimum absolute atomic E-state index is 0.216. The van der Waals surface area contributed by atoms with Crippen LogP contribution in [0, 0.1) is 6.92 Å². The molecule has 1 aliphatic rings. The number of aromatic nitrogens is 1. The lowest BCUT2D eigenvalue weighted by Gasteiger charge is -2.31. The molecule has 1 aromatic carbocycles. The minimum atomic E-state index is -3.51. The minimum Gasteiger partial charge on any atom is -0.321 e. The number of anilines is 1. The molecular weight excluding hydrogens is 396 g/mol. The van der Waals surface area contributed by atoms with E-state index < -0.39 is 10.0 Å². The fourth-order valence-corrected chi connectivity index (χ4v) is 5.54. The summed E-state index contributed by atoms with van der Waals surface area (Å²) in [5.74, 6) is -0.216. The molecule has 7 nitrogen and oxygen atoms in total. The summed E-state index contributed by atoms with van der Waals surface area (Å²) in [6.45, 7) is 6.33. The number of benzene rings is 1. The van der Waals surface area contributed by atoms with Crippen LogP contribution in [-0.4, -0.2) is 61.7 Å². The highest BCUT2D eigenvalue weighted by molar-refractivity contribution is 7.89. The number of hydrogen-bond acceptors (Lipinski definition) is 6. The number of hydrogen-bond donors (Lipinski definition) is 1. The molecule has 28 heavy (non-hydrogen) atoms. The third kappa shape index (κ3) is 4.60. The van der Waals surface area contributed by atoms with Gasteiger partial charge in [0.05, 0.1) is 15.6 Å². The fraction of sp³-hybridized carbons (Fsp3) is 0.474. The van der Waals surface area contributed by atoms with Gasteiger partial charge in [-0.1, -0.05) is 6.92 Å². The zero-order valence-corrected chi connectivity index (χ0v) is 18.1. The van der Waals surface area contributed by atoms with E-state index in [4.69, 9.17) is 0 Å². The first-order valence-electron chi connectivity index (χ1n) is 9.37. The summed E-state index contributed by atoms with van der Waals surface area (Å²) in [5, 5.41) is 3.79. The maximum atomic E-state index is 12.8. The van der Waals surface area contributed by atoms with E-state index in [1.54, 1.807) is 24.3 Å². The number of thiazole rings is 1. The van der Waals surface area contributed by atoms with Crippen LogP contribution in [0.1, 0.15) is 33.7 Å². The number of amides is 1. The van der Waals surface area contributed by atoms with Crippen LogP contribution in [-0.2, 0) is 16.4 Å². The van der Waals surface area contributed by atoms with Crippen molar-refractivity contribution in [3.05, 3.63) is 39.8 Å². The average Bonchev–Trinajstić information content (AvgIpc) is 3.03. The van der Waals surface area contributed by atoms with Crippen molar-refractivity contribution in [3.63, 3.8) is 0 Å². The standard InChI is InChI=1S/C19H26N4O3S2/c1-4-5-17-20-14(2)18(27-17)19(24)21-15-6-8-16(9-7-15)28(25,26)23-12-10-22(3)11-13-23/h6-9H,4-5,10-13H2,1-3H3,(H,21,24). The maximum Gasteiger partial charge on any atom is 0.267 e. The molecule has 1 saturated heterocycles. The van der Waals surface area contributed by atoms with E-state index >= 15 is 0 Å². The maximum absolute atomic E-state index is 12.8. The molecule has 0 bridgehead atoms. The SMILES string of the molecule is CCCc1nc(C)c(C(=O)Nc2ccc(S(=O)(=O)N3CCN(C)CC3)cc2)s1. The number of aryl methyl sites for hydroxylation is 2. The Morgan fingerprint density at radius 2 is 1.82 bits per heavy atom. The largest absolute Gasteiger partial charge is 0.321 e. The number of likely N-dealkylation sites (N-methyl/N-ethyl adjacent to an activating group) is 1. The Morgan fingerprint density at radius 3 is 2.43 bits per heavy atom. The van der Waals surface area contributed by atoms with Crippen LogP contribution in [0.2, 0.25) is 0 Å². The monoisotopic (exact) mass is 422 g/mol. The molecular formula is C19H26N4O3S2. The zero-order valence-electron chi connectivity index (χ0n) is 16.4. The molecule has 9 heteroatoms. The van der Waals surface area contributed by atoms with Crippen molar-refractivity contribution in [2.45, 2.75) is 31.6 Å². The summed E-state index contributed by atoms with van der Waals surface area (Å²) in [6.07, 6.45) is 1.84. The van der Waals surface area contributed by atoms with E-state index in [-0.39, 0.29) is 10.8 Å². The van der Waals surface area contributed by atoms with Gasteiger partial charge in [0.1, 0.15) is 4.88 Å². The summed E-state index contributed by atoms with van der Waals surface area (Å²) in [6, 6.07) is 6.35. The molecule has 0 atom stereocenters. The van der Waals surface area contributed by atoms with E-state index in [0.717, 1.165) is 36.6 Å². The molecule has 3 rings (SSSR count). The Kier molecular flexibility index (Phi) is 6.49. The van der Waals surface area contributed by atoms with Gasteiger partial charge < -0.3 is 10.2 Å². The molecule has 2 heterocycles. The lowest BCUT2D eigenvalue weighted by molar-refractivity contribution is 0.103. The van der Waals surface area contributed by atoms with Crippen molar-refractivity contribution < 1.29 is 13.2 Å². The first kappa shape index (κ1) is 20.9. The lowest BCUT2D eigenvalue weighted by Crippen LogP contribution is -2.46. The van der Waals surface area contributed by atoms with E-state index in [9.17, 15) is 13.2 Å². The van der Waals surface area contributed by atoms with Gasteiger partial charge in [0.2, 0.25) is 10.0 Å². The predicted octanol–water partition coefficient (Wildman–Crippen LogP) is 2.59. The Labute approximate surface area is 170 Å². The van der Waals surface area contributed by atoms with Crippen LogP contribution in [0.15, 0.2) is 29.2 Å². The molecule has 0 unspecified atom stereocenters. The fourth-order valence-electron chi connectivity index (χ4n) is 3.06. The van der Waals surface area contributed by atoms with Crippen LogP contribution >= 0.6 is 11.3 Å². The van der Waals surface area contributed by atoms with Gasteiger partial charge in [0, 0.05) is 31.9 Å². The van der Waals surface area contributed by atoms with Crippen molar-refractivity contribution in [2.75, 3.05) is 38.5 Å². The van der Waals surface area contributed by atoms with Crippen molar-refractivity contribution in [2.24, 2.45) is 0 Å². The average molecular weight is 423 g/mol. The first-order chi connectivity index (χ1) is 13.3. The second kappa shape index (κ2) is 8.69. The lowest BCUT2D eigenvalue weighted by atomic mass is 10.3. The number of carbonyl (C=O) groups excluding carboxylic acids is 1. The number of rotatable bonds is 6. The third-order valence-electron chi connectivity index (χ3n) is 4.72. The molecule has 1 fully saturated rings. The molecule has 0 radical (unpaired) electrons. The van der Waals surface area contributed by atoms with Gasteiger partial charge in [-0.3, -0.25) is 4.79 Å². The number of sulfonamides is 1. The van der Waals surface area contributed by atoms with Gasteiger partial charge in [0.15, 0.2) is 0 Å². The van der Waals surface area contributed by atoms with Crippen LogP contribution in [0.3, 0.4) is 0 Å². The second-order valence-corrected chi connectivity index (χ2v) is 9.98. The molecule has 152 valence electrons. The van der Waals surface area contributed by atoms with Gasteiger partial charge in [-0.15, -0.1) is 11.3 Å². The normalized spacial score (nSPS) is 16.2. The molecule has 0 spiro atoms. The number of carbonyl (C=O) groups is 1. The third-order valence-corrected chi connectivity index (χ3v) is 7.85. The predicted molar refractivity (Wildman–Crippen MR) is 111 cm³/mol. The number of nitrogens with zero attached hydrogens (tertiary/aromatic N) is 3. The summed E-state index contributed by atoms with van der Waals surface area (Å²) in [7, 11) is -1.52. The Hall–Kier alpha value is -1.81. The van der Waals surface area contributed by atoms with E-state index in [2.05, 4.69) is 22.1 Å². The Bertz CT molecular complexity index is 931. The summed E-state index contributed by atoms with van der Waals surface area (Å²) < 4.78 is 27.1. The zero-order chi connectivity index (χ0) is 20.3. The van der Waals surface area contributed by atoms with E-state index in [0.29, 0.717) is 23.7 Å². The molecule has 0 aliphatic carbocycles. The topological polar surface area (TPSA) is 82.6 Å². The Morgan fingerprint density at radius 1 is 1.18 bits per heavy atom. The smallest absolute Gasteiger partial charge is 0.267 e. The molecule has 1 N–H and O–H groups in total. The van der Waals surface area contributed by atoms with Crippen LogP contribution in [0.25, 0.3) is 0 Å². The summed E-state index contributed by atoms with van der Waals surface area (Å²) >= 11 is 1.41. The molecule has 2 aromatic rings. The number of piperazine rings is 1. The van der Waals surface area contributed by atoms with Crippen LogP contribution in [0.4, 0.5) is 5.69 Å². The summed E-state index contributed by atoms with van der Waals surface area (Å²) in [4.78, 5) is 19.9. The Balaban J connectivity index is 1.70. The summed E-state index contributed by atoms with van der Waals surface area (Å²) in [5.41, 5.74) is 1.28. The van der Waals surface area contributed by atoms with Gasteiger partial charge in [-0.05, 0) is 51.1 Å². The van der Waals surface area contributed by atoms with Crippen molar-refractivity contribution in [1.29, 1.82) is 0 Å². The van der Waals surface area contributed by atoms with Gasteiger partial charge in [-0.25, -0.2) is 13.4 Å². The highest BCUT2D eigenvalue weighted by Gasteiger charge is 2.27. The molecule has 1 aliphatic heterocycles. The van der Waals surface area contributed by atoms with Gasteiger partial charge in [0.25, 0.3) is 5.91 Å². The highest BCUT2D eigenvalue weighted by Crippen LogP contribution is 2.23. The first-order valence-corrected chi connectivity index (χ1v) is 11.6. The molecule has 1 aromatic heterocycles.